The van der Waals surface area contributed by atoms with E-state index in [4.69, 9.17) is 9.47 Å². The molecule has 5 atom stereocenters. The van der Waals surface area contributed by atoms with Gasteiger partial charge in [-0.05, 0) is 85.8 Å². The minimum Gasteiger partial charge on any atom is -0.445 e. The lowest BCUT2D eigenvalue weighted by Gasteiger charge is -2.35. The zero-order valence-corrected chi connectivity index (χ0v) is 37.1. The van der Waals surface area contributed by atoms with E-state index >= 15 is 0 Å². The summed E-state index contributed by atoms with van der Waals surface area (Å²) in [5, 5.41) is 8.04. The summed E-state index contributed by atoms with van der Waals surface area (Å²) in [4.78, 5) is 64.3. The number of carbonyl (C=O) groups excluding carboxylic acids is 4. The minimum absolute atomic E-state index is 0.0120. The van der Waals surface area contributed by atoms with E-state index < -0.39 is 24.3 Å². The number of aromatic nitrogens is 2. The van der Waals surface area contributed by atoms with Gasteiger partial charge in [-0.2, -0.15) is 0 Å². The van der Waals surface area contributed by atoms with Gasteiger partial charge in [-0.15, -0.1) is 0 Å². The molecule has 1 unspecified atom stereocenters. The van der Waals surface area contributed by atoms with Crippen molar-refractivity contribution in [3.05, 3.63) is 131 Å². The third-order valence-corrected chi connectivity index (χ3v) is 13.5. The van der Waals surface area contributed by atoms with Crippen molar-refractivity contribution >= 4 is 45.7 Å². The smallest absolute Gasteiger partial charge is 0.408 e. The van der Waals surface area contributed by atoms with Gasteiger partial charge in [-0.1, -0.05) is 136 Å². The number of amides is 3. The third kappa shape index (κ3) is 10.5. The molecule has 3 amide bonds. The maximum absolute atomic E-state index is 14.4. The van der Waals surface area contributed by atoms with Crippen LogP contribution in [-0.2, 0) is 45.1 Å². The maximum atomic E-state index is 14.4. The van der Waals surface area contributed by atoms with Crippen LogP contribution in [0.4, 0.5) is 9.59 Å². The maximum Gasteiger partial charge on any atom is 0.408 e. The number of alkyl carbamates (subject to hydrolysis) is 2. The Morgan fingerprint density at radius 2 is 1.09 bits per heavy atom. The molecule has 2 fully saturated rings. The number of aryl methyl sites for hydroxylation is 1. The molecule has 2 aliphatic rings. The summed E-state index contributed by atoms with van der Waals surface area (Å²) in [5.74, 6) is -0.121. The highest BCUT2D eigenvalue weighted by atomic mass is 16.6. The number of benzene rings is 4. The number of carbonyl (C=O) groups is 4. The molecule has 3 heterocycles. The molecular weight excluding hydrogens is 803 g/mol. The van der Waals surface area contributed by atoms with Gasteiger partial charge < -0.3 is 35.0 Å². The molecule has 4 aromatic carbocycles. The van der Waals surface area contributed by atoms with Gasteiger partial charge in [0.2, 0.25) is 5.91 Å². The van der Waals surface area contributed by atoms with Crippen molar-refractivity contribution in [1.82, 2.24) is 25.5 Å². The minimum atomic E-state index is -0.679. The van der Waals surface area contributed by atoms with Gasteiger partial charge in [-0.25, -0.2) is 9.59 Å². The normalized spacial score (nSPS) is 20.8. The van der Waals surface area contributed by atoms with E-state index in [0.717, 1.165) is 94.0 Å². The fraction of sp³-hybridized carbons (Fsp3) is 0.396. The number of hydrogen-bond donors (Lipinski definition) is 4. The Balaban J connectivity index is 1.03. The molecule has 1 aliphatic heterocycles. The molecule has 0 spiro atoms. The van der Waals surface area contributed by atoms with E-state index in [-0.39, 0.29) is 42.8 Å². The standard InChI is InChI=1S/C53H61N5O6/c1-35-17-9-13-27-46(56-52(61)63-33-37-19-5-3-6-20-37)50(59)39(35)29-30-42-40-23-11-15-25-44(40)54-48(42)49-43(41-24-12-16-26-45(41)55-49)31-32-58-36(2)18-10-14-28-47(51(58)60)57-53(62)64-34-38-21-7-4-8-22-38/h3-8,11-12,15-16,19-26,35-36,39,46-47,54-55H,9-10,13-14,17-18,27-34H2,1-2H3,(H,56,61)(H,57,62)/t35-,36-,39?,46+,47+/m1/s1. The summed E-state index contributed by atoms with van der Waals surface area (Å²) in [6.07, 6.45) is 7.32. The van der Waals surface area contributed by atoms with Crippen molar-refractivity contribution in [1.29, 1.82) is 0 Å². The molecule has 334 valence electrons. The summed E-state index contributed by atoms with van der Waals surface area (Å²) in [6, 6.07) is 34.4. The number of H-pyrrole nitrogens is 2. The molecule has 11 heteroatoms. The highest BCUT2D eigenvalue weighted by Crippen LogP contribution is 2.38. The van der Waals surface area contributed by atoms with Gasteiger partial charge in [-0.3, -0.25) is 9.59 Å². The van der Waals surface area contributed by atoms with E-state index in [1.807, 2.05) is 83.8 Å². The van der Waals surface area contributed by atoms with Crippen LogP contribution in [-0.4, -0.2) is 63.4 Å². The average molecular weight is 864 g/mol. The molecule has 0 bridgehead atoms. The number of Topliss-reactive ketones (excluding diaryl/α,β-unsaturated/α-hetero) is 1. The third-order valence-electron chi connectivity index (χ3n) is 13.5. The number of fused-ring (bicyclic) bond motifs is 2. The predicted octanol–water partition coefficient (Wildman–Crippen LogP) is 10.6. The molecule has 64 heavy (non-hydrogen) atoms. The lowest BCUT2D eigenvalue weighted by atomic mass is 9.77. The molecule has 1 saturated carbocycles. The highest BCUT2D eigenvalue weighted by molar-refractivity contribution is 5.96. The second-order valence-electron chi connectivity index (χ2n) is 17.8. The lowest BCUT2D eigenvalue weighted by molar-refractivity contribution is -0.136. The quantitative estimate of drug-likeness (QED) is 0.0910. The van der Waals surface area contributed by atoms with E-state index in [1.165, 1.54) is 0 Å². The summed E-state index contributed by atoms with van der Waals surface area (Å²) >= 11 is 0. The zero-order valence-electron chi connectivity index (χ0n) is 37.1. The summed E-state index contributed by atoms with van der Waals surface area (Å²) in [5.41, 5.74) is 7.96. The number of ketones is 1. The molecule has 1 saturated heterocycles. The number of nitrogens with one attached hydrogen (secondary N) is 4. The number of aromatic amines is 2. The van der Waals surface area contributed by atoms with Crippen molar-refractivity contribution in [3.63, 3.8) is 0 Å². The van der Waals surface area contributed by atoms with Crippen LogP contribution in [0.2, 0.25) is 0 Å². The molecule has 6 aromatic rings. The fourth-order valence-electron chi connectivity index (χ4n) is 9.91. The van der Waals surface area contributed by atoms with Crippen molar-refractivity contribution in [3.8, 4) is 11.4 Å². The van der Waals surface area contributed by atoms with Crippen molar-refractivity contribution in [2.75, 3.05) is 6.54 Å². The van der Waals surface area contributed by atoms with Gasteiger partial charge in [0.15, 0.2) is 5.78 Å². The van der Waals surface area contributed by atoms with Gasteiger partial charge >= 0.3 is 12.2 Å². The van der Waals surface area contributed by atoms with Gasteiger partial charge in [0, 0.05) is 40.3 Å². The summed E-state index contributed by atoms with van der Waals surface area (Å²) in [6.45, 7) is 5.02. The van der Waals surface area contributed by atoms with Crippen LogP contribution < -0.4 is 10.6 Å². The SMILES string of the molecule is C[C@@H]1CCCC[C@H](NC(=O)OCc2ccccc2)C(=O)C1CCc1c(-c2[nH]c3ccccc3c2CCN2C(=O)[C@@H](NC(=O)OCc3ccccc3)CCCC[C@H]2C)[nH]c2ccccc12. The molecule has 2 aromatic heterocycles. The monoisotopic (exact) mass is 863 g/mol. The number of rotatable bonds is 13. The first-order chi connectivity index (χ1) is 31.2. The second kappa shape index (κ2) is 20.9. The number of likely N-dealkylation sites (tertiary alicyclic amines) is 1. The van der Waals surface area contributed by atoms with Crippen LogP contribution in [0.1, 0.15) is 93.9 Å². The Bertz CT molecular complexity index is 2360. The van der Waals surface area contributed by atoms with Gasteiger partial charge in [0.25, 0.3) is 0 Å². The molecular formula is C53H61N5O6. The van der Waals surface area contributed by atoms with Crippen molar-refractivity contribution in [2.45, 2.75) is 116 Å². The Hall–Kier alpha value is -6.36. The highest BCUT2D eigenvalue weighted by Gasteiger charge is 2.35. The number of nitrogens with zero attached hydrogens (tertiary/aromatic N) is 1. The van der Waals surface area contributed by atoms with E-state index in [1.54, 1.807) is 0 Å². The number of para-hydroxylation sites is 2. The van der Waals surface area contributed by atoms with Gasteiger partial charge in [0.1, 0.15) is 19.3 Å². The average Bonchev–Trinajstić information content (AvgIpc) is 3.87. The topological polar surface area (TPSA) is 146 Å². The predicted molar refractivity (Wildman–Crippen MR) is 250 cm³/mol. The van der Waals surface area contributed by atoms with Crippen LogP contribution >= 0.6 is 0 Å². The Labute approximate surface area is 375 Å². The fourth-order valence-corrected chi connectivity index (χ4v) is 9.91. The summed E-state index contributed by atoms with van der Waals surface area (Å²) < 4.78 is 11.1. The molecule has 11 nitrogen and oxygen atoms in total. The van der Waals surface area contributed by atoms with Crippen LogP contribution in [0.15, 0.2) is 109 Å². The van der Waals surface area contributed by atoms with Crippen LogP contribution in [0.5, 0.6) is 0 Å². The van der Waals surface area contributed by atoms with E-state index in [2.05, 4.69) is 64.8 Å². The first-order valence-corrected chi connectivity index (χ1v) is 23.2. The zero-order chi connectivity index (χ0) is 44.4. The Kier molecular flexibility index (Phi) is 14.4. The summed E-state index contributed by atoms with van der Waals surface area (Å²) in [7, 11) is 0. The lowest BCUT2D eigenvalue weighted by Crippen LogP contribution is -2.52. The first kappa shape index (κ1) is 44.3. The molecule has 8 rings (SSSR count). The van der Waals surface area contributed by atoms with E-state index in [9.17, 15) is 19.2 Å². The molecule has 1 aliphatic carbocycles. The van der Waals surface area contributed by atoms with Gasteiger partial charge in [0.05, 0.1) is 17.4 Å². The number of hydrogen-bond acceptors (Lipinski definition) is 6. The molecule has 0 radical (unpaired) electrons. The van der Waals surface area contributed by atoms with Crippen LogP contribution in [0.25, 0.3) is 33.2 Å². The second-order valence-corrected chi connectivity index (χ2v) is 17.8. The molecule has 4 N–H and O–H groups in total. The Morgan fingerprint density at radius 1 is 0.609 bits per heavy atom. The first-order valence-electron chi connectivity index (χ1n) is 23.2. The van der Waals surface area contributed by atoms with Crippen molar-refractivity contribution in [2.24, 2.45) is 11.8 Å². The Morgan fingerprint density at radius 3 is 1.69 bits per heavy atom. The van der Waals surface area contributed by atoms with E-state index in [0.29, 0.717) is 38.6 Å². The van der Waals surface area contributed by atoms with Crippen molar-refractivity contribution < 1.29 is 28.7 Å². The number of ether oxygens (including phenoxy) is 2. The van der Waals surface area contributed by atoms with Crippen LogP contribution in [0, 0.1) is 11.8 Å². The van der Waals surface area contributed by atoms with Crippen LogP contribution in [0.3, 0.4) is 0 Å². The largest absolute Gasteiger partial charge is 0.445 e.